The van der Waals surface area contributed by atoms with Crippen LogP contribution in [0.4, 0.5) is 13.2 Å². The van der Waals surface area contributed by atoms with Gasteiger partial charge in [-0.05, 0) is 24.3 Å². The van der Waals surface area contributed by atoms with Crippen molar-refractivity contribution < 1.29 is 21.6 Å². The van der Waals surface area contributed by atoms with Gasteiger partial charge < -0.3 is 0 Å². The minimum absolute atomic E-state index is 0.0633. The highest BCUT2D eigenvalue weighted by Crippen LogP contribution is 2.52. The first-order valence-corrected chi connectivity index (χ1v) is 8.64. The third kappa shape index (κ3) is 2.38. The molecule has 0 unspecified atom stereocenters. The van der Waals surface area contributed by atoms with Gasteiger partial charge in [-0.15, -0.1) is 21.6 Å². The van der Waals surface area contributed by atoms with Crippen LogP contribution in [0.25, 0.3) is 0 Å². The van der Waals surface area contributed by atoms with Crippen molar-refractivity contribution in [1.29, 1.82) is 0 Å². The van der Waals surface area contributed by atoms with E-state index in [2.05, 4.69) is 10.2 Å². The molecule has 2 aliphatic rings. The molecule has 2 aliphatic heterocycles. The van der Waals surface area contributed by atoms with Gasteiger partial charge in [-0.3, -0.25) is 0 Å². The number of hydrogen-bond donors (Lipinski definition) is 0. The average molecular weight is 339 g/mol. The van der Waals surface area contributed by atoms with E-state index >= 15 is 0 Å². The standard InChI is InChI=1S/C11H12F3N3O2S2/c12-11(13,14)10(15-16-10)8-3-5-17(6-4-8)21(18,19)9-2-1-7-20-9/h1-2,7-8H,3-6H2. The van der Waals surface area contributed by atoms with Crippen LogP contribution in [0.3, 0.4) is 0 Å². The van der Waals surface area contributed by atoms with Gasteiger partial charge in [-0.25, -0.2) is 8.42 Å². The molecule has 0 amide bonds. The van der Waals surface area contributed by atoms with Crippen molar-refractivity contribution in [2.24, 2.45) is 16.1 Å². The maximum absolute atomic E-state index is 12.9. The van der Waals surface area contributed by atoms with Crippen molar-refractivity contribution in [3.8, 4) is 0 Å². The Morgan fingerprint density at radius 2 is 1.90 bits per heavy atom. The first kappa shape index (κ1) is 14.9. The molecule has 1 fully saturated rings. The molecule has 10 heteroatoms. The molecule has 116 valence electrons. The number of rotatable bonds is 3. The number of thiophene rings is 1. The Morgan fingerprint density at radius 1 is 1.29 bits per heavy atom. The fourth-order valence-corrected chi connectivity index (χ4v) is 5.21. The molecule has 0 bridgehead atoms. The first-order valence-electron chi connectivity index (χ1n) is 6.32. The van der Waals surface area contributed by atoms with Crippen molar-refractivity contribution in [1.82, 2.24) is 4.31 Å². The predicted octanol–water partition coefficient (Wildman–Crippen LogP) is 2.87. The average Bonchev–Trinajstić information content (AvgIpc) is 3.06. The summed E-state index contributed by atoms with van der Waals surface area (Å²) in [6.45, 7) is 0.127. The second-order valence-corrected chi connectivity index (χ2v) is 8.15. The highest BCUT2D eigenvalue weighted by molar-refractivity contribution is 7.91. The van der Waals surface area contributed by atoms with E-state index < -0.39 is 27.8 Å². The van der Waals surface area contributed by atoms with Gasteiger partial charge in [0.15, 0.2) is 0 Å². The Bertz CT molecular complexity index is 641. The van der Waals surface area contributed by atoms with Crippen LogP contribution in [0.5, 0.6) is 0 Å². The Morgan fingerprint density at radius 3 is 2.33 bits per heavy atom. The molecule has 0 radical (unpaired) electrons. The van der Waals surface area contributed by atoms with Crippen LogP contribution < -0.4 is 0 Å². The Kier molecular flexibility index (Phi) is 3.37. The number of nitrogens with zero attached hydrogens (tertiary/aromatic N) is 3. The van der Waals surface area contributed by atoms with Gasteiger partial charge in [-0.2, -0.15) is 17.5 Å². The largest absolute Gasteiger partial charge is 0.437 e. The zero-order chi connectivity index (χ0) is 15.3. The fourth-order valence-electron chi connectivity index (χ4n) is 2.60. The summed E-state index contributed by atoms with van der Waals surface area (Å²) >= 11 is 1.10. The van der Waals surface area contributed by atoms with E-state index in [4.69, 9.17) is 0 Å². The third-order valence-electron chi connectivity index (χ3n) is 3.85. The fraction of sp³-hybridized carbons (Fsp3) is 0.636. The van der Waals surface area contributed by atoms with E-state index in [-0.39, 0.29) is 30.1 Å². The Labute approximate surface area is 123 Å². The maximum Gasteiger partial charge on any atom is 0.437 e. The maximum atomic E-state index is 12.9. The quantitative estimate of drug-likeness (QED) is 0.850. The number of piperidine rings is 1. The zero-order valence-electron chi connectivity index (χ0n) is 10.7. The summed E-state index contributed by atoms with van der Waals surface area (Å²) in [4.78, 5) is 0. The minimum atomic E-state index is -4.49. The van der Waals surface area contributed by atoms with E-state index in [0.717, 1.165) is 11.3 Å². The van der Waals surface area contributed by atoms with Crippen LogP contribution in [0, 0.1) is 5.92 Å². The lowest BCUT2D eigenvalue weighted by molar-refractivity contribution is -0.179. The smallest absolute Gasteiger partial charge is 0.206 e. The van der Waals surface area contributed by atoms with Crippen molar-refractivity contribution in [3.63, 3.8) is 0 Å². The van der Waals surface area contributed by atoms with E-state index in [1.54, 1.807) is 11.4 Å². The molecule has 0 atom stereocenters. The number of halogens is 3. The van der Waals surface area contributed by atoms with Gasteiger partial charge in [-0.1, -0.05) is 6.07 Å². The van der Waals surface area contributed by atoms with E-state index in [1.165, 1.54) is 10.4 Å². The molecule has 5 nitrogen and oxygen atoms in total. The van der Waals surface area contributed by atoms with Gasteiger partial charge in [0.2, 0.25) is 0 Å². The van der Waals surface area contributed by atoms with Gasteiger partial charge in [0.05, 0.1) is 0 Å². The van der Waals surface area contributed by atoms with Crippen molar-refractivity contribution in [3.05, 3.63) is 17.5 Å². The molecular formula is C11H12F3N3O2S2. The summed E-state index contributed by atoms with van der Waals surface area (Å²) in [5.74, 6) is -0.771. The summed E-state index contributed by atoms with van der Waals surface area (Å²) in [6.07, 6.45) is -4.28. The Hall–Kier alpha value is -1.00. The van der Waals surface area contributed by atoms with Crippen LogP contribution in [-0.2, 0) is 10.0 Å². The summed E-state index contributed by atoms with van der Waals surface area (Å²) in [7, 11) is -3.59. The van der Waals surface area contributed by atoms with E-state index in [9.17, 15) is 21.6 Å². The molecule has 0 aromatic carbocycles. The second kappa shape index (κ2) is 4.75. The molecule has 3 rings (SSSR count). The van der Waals surface area contributed by atoms with Gasteiger partial charge in [0.1, 0.15) is 4.21 Å². The van der Waals surface area contributed by atoms with Crippen LogP contribution in [0.2, 0.25) is 0 Å². The monoisotopic (exact) mass is 339 g/mol. The summed E-state index contributed by atoms with van der Waals surface area (Å²) in [6, 6.07) is 3.12. The lowest BCUT2D eigenvalue weighted by atomic mass is 9.87. The first-order chi connectivity index (χ1) is 9.77. The number of hydrogen-bond acceptors (Lipinski definition) is 5. The van der Waals surface area contributed by atoms with Crippen molar-refractivity contribution in [2.45, 2.75) is 28.9 Å². The SMILES string of the molecule is O=S(=O)(c1cccs1)N1CCC(C2(C(F)(F)F)N=N2)CC1. The molecule has 3 heterocycles. The molecule has 0 N–H and O–H groups in total. The number of sulfonamides is 1. The minimum Gasteiger partial charge on any atom is -0.206 e. The lowest BCUT2D eigenvalue weighted by Gasteiger charge is -2.33. The third-order valence-corrected chi connectivity index (χ3v) is 7.12. The lowest BCUT2D eigenvalue weighted by Crippen LogP contribution is -2.47. The van der Waals surface area contributed by atoms with Gasteiger partial charge >= 0.3 is 6.18 Å². The topological polar surface area (TPSA) is 62.1 Å². The van der Waals surface area contributed by atoms with Crippen LogP contribution >= 0.6 is 11.3 Å². The predicted molar refractivity (Wildman–Crippen MR) is 69.4 cm³/mol. The zero-order valence-corrected chi connectivity index (χ0v) is 12.4. The van der Waals surface area contributed by atoms with Crippen molar-refractivity contribution in [2.75, 3.05) is 13.1 Å². The van der Waals surface area contributed by atoms with E-state index in [0.29, 0.717) is 0 Å². The molecular weight excluding hydrogens is 327 g/mol. The summed E-state index contributed by atoms with van der Waals surface area (Å²) in [5, 5.41) is 8.05. The van der Waals surface area contributed by atoms with Crippen molar-refractivity contribution >= 4 is 21.4 Å². The molecule has 21 heavy (non-hydrogen) atoms. The second-order valence-electron chi connectivity index (χ2n) is 5.03. The Balaban J connectivity index is 1.69. The molecule has 1 saturated heterocycles. The molecule has 1 aromatic heterocycles. The van der Waals surface area contributed by atoms with Crippen LogP contribution in [-0.4, -0.2) is 37.7 Å². The molecule has 0 saturated carbocycles. The highest BCUT2D eigenvalue weighted by atomic mass is 32.2. The number of alkyl halides is 3. The summed E-state index contributed by atoms with van der Waals surface area (Å²) in [5.41, 5.74) is -2.29. The van der Waals surface area contributed by atoms with Crippen LogP contribution in [0.15, 0.2) is 32.0 Å². The molecule has 1 aromatic rings. The van der Waals surface area contributed by atoms with Crippen LogP contribution in [0.1, 0.15) is 12.8 Å². The molecule has 0 spiro atoms. The van der Waals surface area contributed by atoms with Gasteiger partial charge in [0.25, 0.3) is 15.7 Å². The normalized spacial score (nSPS) is 23.4. The highest BCUT2D eigenvalue weighted by Gasteiger charge is 2.68. The molecule has 0 aliphatic carbocycles. The van der Waals surface area contributed by atoms with Gasteiger partial charge in [0, 0.05) is 19.0 Å². The summed E-state index contributed by atoms with van der Waals surface area (Å²) < 4.78 is 64.8. The van der Waals surface area contributed by atoms with E-state index in [1.807, 2.05) is 0 Å².